The molecular formula is C14H13Cl3N2O4S3. The molecule has 0 spiro atoms. The quantitative estimate of drug-likeness (QED) is 0.679. The molecule has 1 saturated heterocycles. The number of halogens is 3. The van der Waals surface area contributed by atoms with Crippen molar-refractivity contribution in [1.82, 2.24) is 8.61 Å². The lowest BCUT2D eigenvalue weighted by Crippen LogP contribution is -2.50. The van der Waals surface area contributed by atoms with Crippen LogP contribution in [0, 0.1) is 0 Å². The van der Waals surface area contributed by atoms with E-state index in [0.717, 1.165) is 11.3 Å². The van der Waals surface area contributed by atoms with E-state index in [-0.39, 0.29) is 45.3 Å². The fourth-order valence-corrected chi connectivity index (χ4v) is 7.75. The molecule has 1 aliphatic heterocycles. The predicted molar refractivity (Wildman–Crippen MR) is 103 cm³/mol. The Morgan fingerprint density at radius 1 is 0.808 bits per heavy atom. The maximum atomic E-state index is 12.8. The monoisotopic (exact) mass is 474 g/mol. The first-order valence-corrected chi connectivity index (χ1v) is 12.2. The summed E-state index contributed by atoms with van der Waals surface area (Å²) in [6.45, 7) is 0.109. The van der Waals surface area contributed by atoms with Crippen LogP contribution in [-0.2, 0) is 20.0 Å². The molecule has 0 N–H and O–H groups in total. The number of piperazine rings is 1. The van der Waals surface area contributed by atoms with Crippen molar-refractivity contribution in [2.24, 2.45) is 0 Å². The zero-order chi connectivity index (χ0) is 19.1. The second-order valence-corrected chi connectivity index (χ2v) is 12.1. The summed E-state index contributed by atoms with van der Waals surface area (Å²) in [6.07, 6.45) is 0. The number of nitrogens with zero attached hydrogens (tertiary/aromatic N) is 2. The van der Waals surface area contributed by atoms with Gasteiger partial charge in [-0.1, -0.05) is 34.8 Å². The summed E-state index contributed by atoms with van der Waals surface area (Å²) in [5.41, 5.74) is 0. The first kappa shape index (κ1) is 20.3. The Hall–Kier alpha value is -0.390. The third-order valence-electron chi connectivity index (χ3n) is 3.85. The van der Waals surface area contributed by atoms with E-state index in [2.05, 4.69) is 0 Å². The number of rotatable bonds is 4. The zero-order valence-electron chi connectivity index (χ0n) is 13.1. The minimum absolute atomic E-state index is 0.0174. The van der Waals surface area contributed by atoms with Gasteiger partial charge in [0.2, 0.25) is 10.0 Å². The van der Waals surface area contributed by atoms with Crippen molar-refractivity contribution in [3.05, 3.63) is 44.7 Å². The van der Waals surface area contributed by atoms with Crippen molar-refractivity contribution in [3.8, 4) is 0 Å². The molecule has 0 saturated carbocycles. The molecule has 142 valence electrons. The highest BCUT2D eigenvalue weighted by molar-refractivity contribution is 7.91. The average Bonchev–Trinajstić information content (AvgIpc) is 3.04. The van der Waals surface area contributed by atoms with Crippen LogP contribution >= 0.6 is 46.1 Å². The van der Waals surface area contributed by atoms with Gasteiger partial charge in [0.15, 0.2) is 0 Å². The van der Waals surface area contributed by atoms with Gasteiger partial charge in [0.1, 0.15) is 9.10 Å². The molecule has 6 nitrogen and oxygen atoms in total. The van der Waals surface area contributed by atoms with Crippen LogP contribution in [-0.4, -0.2) is 51.6 Å². The second kappa shape index (κ2) is 7.56. The van der Waals surface area contributed by atoms with Gasteiger partial charge in [-0.25, -0.2) is 16.8 Å². The van der Waals surface area contributed by atoms with Crippen LogP contribution in [0.15, 0.2) is 39.4 Å². The van der Waals surface area contributed by atoms with Crippen LogP contribution in [0.2, 0.25) is 14.4 Å². The molecule has 1 aliphatic rings. The van der Waals surface area contributed by atoms with Gasteiger partial charge in [-0.05, 0) is 30.3 Å². The molecule has 0 bridgehead atoms. The maximum Gasteiger partial charge on any atom is 0.252 e. The lowest BCUT2D eigenvalue weighted by Gasteiger charge is -2.33. The molecule has 26 heavy (non-hydrogen) atoms. The van der Waals surface area contributed by atoms with Gasteiger partial charge in [-0.15, -0.1) is 11.3 Å². The van der Waals surface area contributed by atoms with Crippen molar-refractivity contribution in [2.45, 2.75) is 9.10 Å². The van der Waals surface area contributed by atoms with Crippen molar-refractivity contribution in [2.75, 3.05) is 26.2 Å². The Balaban J connectivity index is 1.79. The van der Waals surface area contributed by atoms with Crippen LogP contribution in [0.5, 0.6) is 0 Å². The Bertz CT molecular complexity index is 1030. The molecule has 1 fully saturated rings. The van der Waals surface area contributed by atoms with Gasteiger partial charge < -0.3 is 0 Å². The summed E-state index contributed by atoms with van der Waals surface area (Å²) >= 11 is 18.7. The molecule has 0 radical (unpaired) electrons. The van der Waals surface area contributed by atoms with Gasteiger partial charge in [-0.2, -0.15) is 8.61 Å². The van der Waals surface area contributed by atoms with Gasteiger partial charge in [0, 0.05) is 31.2 Å². The smallest absolute Gasteiger partial charge is 0.207 e. The molecule has 3 rings (SSSR count). The Morgan fingerprint density at radius 2 is 1.38 bits per heavy atom. The predicted octanol–water partition coefficient (Wildman–Crippen LogP) is 3.40. The van der Waals surface area contributed by atoms with Crippen LogP contribution in [0.1, 0.15) is 0 Å². The summed E-state index contributed by atoms with van der Waals surface area (Å²) in [7, 11) is -7.56. The lowest BCUT2D eigenvalue weighted by molar-refractivity contribution is 0.273. The second-order valence-electron chi connectivity index (χ2n) is 5.44. The lowest BCUT2D eigenvalue weighted by atomic mass is 10.4. The van der Waals surface area contributed by atoms with E-state index in [9.17, 15) is 16.8 Å². The van der Waals surface area contributed by atoms with E-state index >= 15 is 0 Å². The van der Waals surface area contributed by atoms with Crippen molar-refractivity contribution in [3.63, 3.8) is 0 Å². The van der Waals surface area contributed by atoms with E-state index in [1.807, 2.05) is 0 Å². The van der Waals surface area contributed by atoms with E-state index in [4.69, 9.17) is 34.8 Å². The van der Waals surface area contributed by atoms with Crippen LogP contribution in [0.4, 0.5) is 0 Å². The van der Waals surface area contributed by atoms with Crippen molar-refractivity contribution >= 4 is 66.2 Å². The fraction of sp³-hybridized carbons (Fsp3) is 0.286. The number of hydrogen-bond donors (Lipinski definition) is 0. The fourth-order valence-electron chi connectivity index (χ4n) is 2.53. The SMILES string of the molecule is O=S(=O)(c1ccc(Cl)s1)N1CCN(S(=O)(=O)c2cc(Cl)ccc2Cl)CC1. The van der Waals surface area contributed by atoms with Gasteiger partial charge >= 0.3 is 0 Å². The molecule has 0 amide bonds. The van der Waals surface area contributed by atoms with Crippen LogP contribution < -0.4 is 0 Å². The number of benzene rings is 1. The molecule has 12 heteroatoms. The summed E-state index contributed by atoms with van der Waals surface area (Å²) < 4.78 is 53.7. The summed E-state index contributed by atoms with van der Waals surface area (Å²) in [4.78, 5) is -0.0898. The molecule has 0 unspecified atom stereocenters. The highest BCUT2D eigenvalue weighted by atomic mass is 35.5. The van der Waals surface area contributed by atoms with Gasteiger partial charge in [0.25, 0.3) is 10.0 Å². The largest absolute Gasteiger partial charge is 0.252 e. The maximum absolute atomic E-state index is 12.8. The molecule has 0 atom stereocenters. The summed E-state index contributed by atoms with van der Waals surface area (Å²) in [6, 6.07) is 7.16. The van der Waals surface area contributed by atoms with Crippen LogP contribution in [0.25, 0.3) is 0 Å². The van der Waals surface area contributed by atoms with E-state index in [1.165, 1.54) is 38.9 Å². The number of sulfonamides is 2. The minimum Gasteiger partial charge on any atom is -0.207 e. The Morgan fingerprint density at radius 3 is 1.92 bits per heavy atom. The van der Waals surface area contributed by atoms with Crippen LogP contribution in [0.3, 0.4) is 0 Å². The normalized spacial score (nSPS) is 17.5. The first-order chi connectivity index (χ1) is 12.1. The number of hydrogen-bond acceptors (Lipinski definition) is 5. The highest BCUT2D eigenvalue weighted by Crippen LogP contribution is 2.31. The molecule has 2 aromatic rings. The molecule has 1 aromatic carbocycles. The van der Waals surface area contributed by atoms with E-state index in [1.54, 1.807) is 0 Å². The third-order valence-corrected chi connectivity index (χ3v) is 10.1. The molecule has 0 aliphatic carbocycles. The standard InChI is InChI=1S/C14H13Cl3N2O4S3/c15-10-1-2-11(16)12(9-10)25(20,21)18-5-7-19(8-6-18)26(22,23)14-4-3-13(17)24-14/h1-4,9H,5-8H2. The molecular weight excluding hydrogens is 463 g/mol. The number of thiophene rings is 1. The summed E-state index contributed by atoms with van der Waals surface area (Å²) in [5.74, 6) is 0. The van der Waals surface area contributed by atoms with Gasteiger partial charge in [-0.3, -0.25) is 0 Å². The highest BCUT2D eigenvalue weighted by Gasteiger charge is 2.35. The van der Waals surface area contributed by atoms with E-state index < -0.39 is 20.0 Å². The molecule has 2 heterocycles. The minimum atomic E-state index is -3.87. The summed E-state index contributed by atoms with van der Waals surface area (Å²) in [5, 5.41) is 0.321. The Labute approximate surface area is 171 Å². The van der Waals surface area contributed by atoms with Crippen molar-refractivity contribution in [1.29, 1.82) is 0 Å². The topological polar surface area (TPSA) is 74.8 Å². The van der Waals surface area contributed by atoms with E-state index in [0.29, 0.717) is 4.34 Å². The van der Waals surface area contributed by atoms with Gasteiger partial charge in [0.05, 0.1) is 9.36 Å². The average molecular weight is 476 g/mol. The first-order valence-electron chi connectivity index (χ1n) is 7.33. The van der Waals surface area contributed by atoms with Crippen molar-refractivity contribution < 1.29 is 16.8 Å². The zero-order valence-corrected chi connectivity index (χ0v) is 17.8. The Kier molecular flexibility index (Phi) is 5.91. The third kappa shape index (κ3) is 3.90. The molecule has 1 aromatic heterocycles.